The molecular weight excluding hydrogens is 117 g/mol. The lowest BCUT2D eigenvalue weighted by atomic mass is 10.3. The summed E-state index contributed by atoms with van der Waals surface area (Å²) < 4.78 is 11.9. The second kappa shape index (κ2) is 4.01. The lowest BCUT2D eigenvalue weighted by molar-refractivity contribution is 0.794. The summed E-state index contributed by atoms with van der Waals surface area (Å²) in [6.45, 7) is 3.40. The maximum Gasteiger partial charge on any atom is 0.208 e. The summed E-state index contributed by atoms with van der Waals surface area (Å²) >= 11 is 0. The van der Waals surface area contributed by atoms with Crippen molar-refractivity contribution in [2.75, 3.05) is 0 Å². The van der Waals surface area contributed by atoms with Gasteiger partial charge in [-0.3, -0.25) is 5.41 Å². The second-order valence-corrected chi connectivity index (χ2v) is 1.69. The molecule has 0 saturated carbocycles. The average molecular weight is 127 g/mol. The quantitative estimate of drug-likeness (QED) is 0.435. The van der Waals surface area contributed by atoms with E-state index in [4.69, 9.17) is 5.41 Å². The van der Waals surface area contributed by atoms with E-state index in [1.165, 1.54) is 0 Å². The molecule has 0 aliphatic carbocycles. The van der Waals surface area contributed by atoms with Gasteiger partial charge < -0.3 is 0 Å². The Labute approximate surface area is 54.4 Å². The smallest absolute Gasteiger partial charge is 0.208 e. The van der Waals surface area contributed by atoms with Gasteiger partial charge in [-0.25, -0.2) is 0 Å². The Balaban J connectivity index is 4.00. The summed E-state index contributed by atoms with van der Waals surface area (Å²) in [7, 11) is 0. The monoisotopic (exact) mass is 127 g/mol. The lowest BCUT2D eigenvalue weighted by Gasteiger charge is -1.86. The maximum absolute atomic E-state index is 11.9. The van der Waals surface area contributed by atoms with Gasteiger partial charge in [0.15, 0.2) is 0 Å². The van der Waals surface area contributed by atoms with E-state index in [1.54, 1.807) is 25.2 Å². The molecule has 0 atom stereocenters. The van der Waals surface area contributed by atoms with Crippen molar-refractivity contribution in [2.24, 2.45) is 0 Å². The minimum Gasteiger partial charge on any atom is -0.274 e. The van der Waals surface area contributed by atoms with Gasteiger partial charge in [-0.05, 0) is 13.8 Å². The van der Waals surface area contributed by atoms with Crippen molar-refractivity contribution >= 4 is 5.97 Å². The van der Waals surface area contributed by atoms with Crippen molar-refractivity contribution in [1.29, 1.82) is 5.41 Å². The minimum absolute atomic E-state index is 0.355. The second-order valence-electron chi connectivity index (χ2n) is 1.69. The van der Waals surface area contributed by atoms with Gasteiger partial charge in [0.2, 0.25) is 5.97 Å². The molecule has 0 aliphatic rings. The molecule has 0 fully saturated rings. The van der Waals surface area contributed by atoms with Crippen LogP contribution in [0.15, 0.2) is 23.8 Å². The molecule has 0 amide bonds. The van der Waals surface area contributed by atoms with Crippen LogP contribution in [-0.4, -0.2) is 5.97 Å². The highest BCUT2D eigenvalue weighted by Crippen LogP contribution is 1.95. The van der Waals surface area contributed by atoms with Crippen LogP contribution in [0.4, 0.5) is 4.39 Å². The number of nitrogens with one attached hydrogen (secondary N) is 1. The highest BCUT2D eigenvalue weighted by Gasteiger charge is 1.91. The van der Waals surface area contributed by atoms with Crippen molar-refractivity contribution in [3.8, 4) is 0 Å². The van der Waals surface area contributed by atoms with Crippen LogP contribution in [0.1, 0.15) is 13.8 Å². The number of allylic oxidation sites excluding steroid dienone is 4. The van der Waals surface area contributed by atoms with Gasteiger partial charge in [0.05, 0.1) is 0 Å². The molecule has 0 spiro atoms. The third-order valence-electron chi connectivity index (χ3n) is 0.885. The van der Waals surface area contributed by atoms with Crippen molar-refractivity contribution in [3.63, 3.8) is 0 Å². The predicted molar refractivity (Wildman–Crippen MR) is 37.4 cm³/mol. The van der Waals surface area contributed by atoms with E-state index in [2.05, 4.69) is 0 Å². The van der Waals surface area contributed by atoms with Crippen LogP contribution in [0.25, 0.3) is 0 Å². The van der Waals surface area contributed by atoms with Crippen LogP contribution in [0.2, 0.25) is 0 Å². The van der Waals surface area contributed by atoms with Crippen molar-refractivity contribution in [2.45, 2.75) is 13.8 Å². The number of rotatable bonds is 2. The van der Waals surface area contributed by atoms with Gasteiger partial charge in [0.25, 0.3) is 0 Å². The molecule has 0 aromatic carbocycles. The zero-order chi connectivity index (χ0) is 7.28. The maximum atomic E-state index is 11.9. The largest absolute Gasteiger partial charge is 0.274 e. The molecule has 0 aromatic rings. The molecule has 1 N–H and O–H groups in total. The fraction of sp³-hybridized carbons (Fsp3) is 0.286. The number of hydrogen-bond donors (Lipinski definition) is 1. The normalized spacial score (nSPS) is 12.6. The summed E-state index contributed by atoms with van der Waals surface area (Å²) in [5.74, 6) is -0.867. The topological polar surface area (TPSA) is 23.9 Å². The molecule has 0 bridgehead atoms. The molecule has 2 heteroatoms. The van der Waals surface area contributed by atoms with Gasteiger partial charge in [0.1, 0.15) is 0 Å². The highest BCUT2D eigenvalue weighted by molar-refractivity contribution is 5.89. The summed E-state index contributed by atoms with van der Waals surface area (Å²) in [6, 6.07) is 0. The minimum atomic E-state index is -0.867. The molecule has 0 heterocycles. The zero-order valence-electron chi connectivity index (χ0n) is 5.61. The summed E-state index contributed by atoms with van der Waals surface area (Å²) in [5, 5.41) is 6.51. The molecule has 0 saturated heterocycles. The van der Waals surface area contributed by atoms with Gasteiger partial charge in [-0.2, -0.15) is 4.39 Å². The molecule has 0 aliphatic heterocycles. The summed E-state index contributed by atoms with van der Waals surface area (Å²) in [4.78, 5) is 0. The van der Waals surface area contributed by atoms with E-state index in [0.29, 0.717) is 5.57 Å². The van der Waals surface area contributed by atoms with Crippen LogP contribution < -0.4 is 0 Å². The fourth-order valence-electron chi connectivity index (χ4n) is 0.314. The predicted octanol–water partition coefficient (Wildman–Crippen LogP) is 2.46. The lowest BCUT2D eigenvalue weighted by Crippen LogP contribution is -1.85. The van der Waals surface area contributed by atoms with E-state index in [1.807, 2.05) is 6.92 Å². The van der Waals surface area contributed by atoms with Crippen LogP contribution in [-0.2, 0) is 0 Å². The molecule has 0 aromatic heterocycles. The van der Waals surface area contributed by atoms with Gasteiger partial charge in [-0.15, -0.1) is 0 Å². The van der Waals surface area contributed by atoms with Crippen LogP contribution in [0.3, 0.4) is 0 Å². The molecule has 0 radical (unpaired) electrons. The average Bonchev–Trinajstić information content (AvgIpc) is 1.82. The van der Waals surface area contributed by atoms with Gasteiger partial charge >= 0.3 is 0 Å². The van der Waals surface area contributed by atoms with Crippen LogP contribution >= 0.6 is 0 Å². The Bertz CT molecular complexity index is 156. The van der Waals surface area contributed by atoms with Crippen LogP contribution in [0.5, 0.6) is 0 Å². The van der Waals surface area contributed by atoms with E-state index in [0.717, 1.165) is 0 Å². The first kappa shape index (κ1) is 8.08. The molecule has 50 valence electrons. The standard InChI is InChI=1S/C7H10FN/c1-3-4-5-6(2)7(8)9/h3-5,9H,1-2H3/b4-3+,6-5-,9-7?. The molecule has 0 unspecified atom stereocenters. The Morgan fingerprint density at radius 1 is 1.56 bits per heavy atom. The number of halogens is 1. The molecule has 0 rings (SSSR count). The Hall–Kier alpha value is -0.920. The number of hydrogen-bond acceptors (Lipinski definition) is 1. The van der Waals surface area contributed by atoms with E-state index in [9.17, 15) is 4.39 Å². The van der Waals surface area contributed by atoms with E-state index >= 15 is 0 Å². The van der Waals surface area contributed by atoms with Crippen LogP contribution in [0, 0.1) is 5.41 Å². The highest BCUT2D eigenvalue weighted by atomic mass is 19.1. The third-order valence-corrected chi connectivity index (χ3v) is 0.885. The fourth-order valence-corrected chi connectivity index (χ4v) is 0.314. The summed E-state index contributed by atoms with van der Waals surface area (Å²) in [5.41, 5.74) is 0.355. The zero-order valence-corrected chi connectivity index (χ0v) is 5.61. The van der Waals surface area contributed by atoms with E-state index < -0.39 is 5.97 Å². The molecule has 9 heavy (non-hydrogen) atoms. The Morgan fingerprint density at radius 3 is 2.44 bits per heavy atom. The van der Waals surface area contributed by atoms with Gasteiger partial charge in [-0.1, -0.05) is 18.2 Å². The first-order chi connectivity index (χ1) is 4.18. The molecule has 1 nitrogen and oxygen atoms in total. The van der Waals surface area contributed by atoms with Crippen molar-refractivity contribution in [1.82, 2.24) is 0 Å². The third kappa shape index (κ3) is 3.64. The molecular formula is C7H10FN. The SMILES string of the molecule is C/C=C/C=C(/C)C(=N)F. The Morgan fingerprint density at radius 2 is 2.11 bits per heavy atom. The van der Waals surface area contributed by atoms with E-state index in [-0.39, 0.29) is 0 Å². The van der Waals surface area contributed by atoms with Crippen molar-refractivity contribution in [3.05, 3.63) is 23.8 Å². The first-order valence-electron chi connectivity index (χ1n) is 2.72. The Kier molecular flexibility index (Phi) is 3.60. The first-order valence-corrected chi connectivity index (χ1v) is 2.72. The summed E-state index contributed by atoms with van der Waals surface area (Å²) in [6.07, 6.45) is 5.04. The van der Waals surface area contributed by atoms with Crippen molar-refractivity contribution < 1.29 is 4.39 Å². The van der Waals surface area contributed by atoms with Gasteiger partial charge in [0, 0.05) is 5.57 Å².